The summed E-state index contributed by atoms with van der Waals surface area (Å²) in [5.74, 6) is -2.09. The first-order valence-electron chi connectivity index (χ1n) is 32.0. The lowest BCUT2D eigenvalue weighted by Gasteiger charge is -2.21. The molecular formula is C75H86ClF3N6O19. The summed E-state index contributed by atoms with van der Waals surface area (Å²) in [7, 11) is 4.71. The van der Waals surface area contributed by atoms with Crippen molar-refractivity contribution in [3.8, 4) is 50.6 Å². The van der Waals surface area contributed by atoms with Crippen molar-refractivity contribution in [2.45, 2.75) is 117 Å². The van der Waals surface area contributed by atoms with Gasteiger partial charge in [-0.1, -0.05) is 134 Å². The Morgan fingerprint density at radius 1 is 0.500 bits per heavy atom. The van der Waals surface area contributed by atoms with Crippen LogP contribution in [-0.4, -0.2) is 102 Å². The number of aromatic amines is 2. The molecule has 0 saturated heterocycles. The Kier molecular flexibility index (Phi) is 42.6. The zero-order chi connectivity index (χ0) is 77.1. The fourth-order valence-electron chi connectivity index (χ4n) is 10.0. The summed E-state index contributed by atoms with van der Waals surface area (Å²) >= 11 is 0. The number of carboxylic acid groups (broad SMARTS) is 1. The van der Waals surface area contributed by atoms with Gasteiger partial charge in [-0.3, -0.25) is 24.0 Å². The molecule has 3 amide bonds. The van der Waals surface area contributed by atoms with E-state index in [4.69, 9.17) is 68.0 Å². The van der Waals surface area contributed by atoms with E-state index in [1.807, 2.05) is 60.7 Å². The molecule has 6 aromatic carbocycles. The molecule has 104 heavy (non-hydrogen) atoms. The number of hydrogen-bond donors (Lipinski definition) is 8. The number of aromatic nitrogens is 2. The minimum Gasteiger partial charge on any atom is -0.502 e. The number of carboxylic acids is 1. The number of carbonyl (C=O) groups is 4. The lowest BCUT2D eigenvalue weighted by molar-refractivity contribution is -0.193. The summed E-state index contributed by atoms with van der Waals surface area (Å²) in [6.45, 7) is 12.9. The number of amides is 3. The number of H-pyrrole nitrogens is 2. The Morgan fingerprint density at radius 3 is 1.03 bits per heavy atom. The SMILES string of the molecule is CCC(C)C[C@H](N)Cc1ccc(-c2cc(F)ccc2OC)cc1.CC[C@@H](C)C[C@@H](Cc1ccc(-c2cc(F)ccc2OC)cc1)NC(=O)c1cc(=O)[nH]o1.CC[C@H](C)C[C@@H](Cc1ccc(-c2cc(F)ccc2OC)cc1)NC(=O)c1cc(=O)[nH]o1.Cl.NC(=O)/C=C(\O)C(=O)O.O=C=O.O=C=O.O=C=O. The third-order valence-electron chi connectivity index (χ3n) is 15.6. The highest BCUT2D eigenvalue weighted by Gasteiger charge is 2.22. The van der Waals surface area contributed by atoms with Crippen molar-refractivity contribution in [1.82, 2.24) is 20.9 Å². The number of halogens is 4. The third-order valence-corrected chi connectivity index (χ3v) is 15.6. The maximum atomic E-state index is 13.7. The molecule has 0 bridgehead atoms. The molecule has 8 rings (SSSR count). The molecule has 0 aliphatic rings. The summed E-state index contributed by atoms with van der Waals surface area (Å²) in [4.78, 5) is 116. The Morgan fingerprint density at radius 2 is 0.788 bits per heavy atom. The molecule has 0 aliphatic heterocycles. The molecule has 0 spiro atoms. The van der Waals surface area contributed by atoms with Gasteiger partial charge in [-0.2, -0.15) is 39.1 Å². The van der Waals surface area contributed by atoms with Crippen LogP contribution in [-0.2, 0) is 57.6 Å². The zero-order valence-corrected chi connectivity index (χ0v) is 59.5. The molecule has 2 heterocycles. The van der Waals surface area contributed by atoms with E-state index in [0.29, 0.717) is 65.0 Å². The molecule has 8 aromatic rings. The van der Waals surface area contributed by atoms with E-state index in [1.54, 1.807) is 39.5 Å². The van der Waals surface area contributed by atoms with Crippen molar-refractivity contribution < 1.29 is 94.6 Å². The largest absolute Gasteiger partial charge is 0.502 e. The number of primary amides is 1. The van der Waals surface area contributed by atoms with Gasteiger partial charge in [0.2, 0.25) is 23.2 Å². The van der Waals surface area contributed by atoms with E-state index in [9.17, 15) is 41.9 Å². The van der Waals surface area contributed by atoms with E-state index in [-0.39, 0.29) is 78.0 Å². The number of methoxy groups -OCH3 is 3. The van der Waals surface area contributed by atoms with Gasteiger partial charge in [-0.25, -0.2) is 18.0 Å². The maximum Gasteiger partial charge on any atom is 0.373 e. The predicted octanol–water partition coefficient (Wildman–Crippen LogP) is 11.6. The molecule has 0 radical (unpaired) electrons. The summed E-state index contributed by atoms with van der Waals surface area (Å²) in [5, 5.41) is 26.4. The fourth-order valence-corrected chi connectivity index (χ4v) is 10.0. The minimum absolute atomic E-state index is 0. The van der Waals surface area contributed by atoms with Crippen LogP contribution in [0.15, 0.2) is 170 Å². The zero-order valence-electron chi connectivity index (χ0n) is 58.7. The van der Waals surface area contributed by atoms with Crippen LogP contribution in [0.25, 0.3) is 33.4 Å². The van der Waals surface area contributed by atoms with E-state index in [0.717, 1.165) is 90.5 Å². The van der Waals surface area contributed by atoms with Gasteiger partial charge in [-0.05, 0) is 144 Å². The van der Waals surface area contributed by atoms with Crippen molar-refractivity contribution in [1.29, 1.82) is 0 Å². The average molecular weight is 1470 g/mol. The molecule has 10 N–H and O–H groups in total. The van der Waals surface area contributed by atoms with Gasteiger partial charge in [0.25, 0.3) is 22.9 Å². The summed E-state index contributed by atoms with van der Waals surface area (Å²) < 4.78 is 66.8. The molecule has 0 fully saturated rings. The Bertz CT molecular complexity index is 4000. The van der Waals surface area contributed by atoms with E-state index in [2.05, 4.69) is 80.4 Å². The second-order valence-electron chi connectivity index (χ2n) is 23.2. The molecule has 558 valence electrons. The van der Waals surface area contributed by atoms with Crippen LogP contribution in [0.4, 0.5) is 13.2 Å². The topological polar surface area (TPSA) is 407 Å². The van der Waals surface area contributed by atoms with Gasteiger partial charge < -0.3 is 55.6 Å². The van der Waals surface area contributed by atoms with E-state index < -0.39 is 40.6 Å². The highest BCUT2D eigenvalue weighted by Crippen LogP contribution is 2.34. The lowest BCUT2D eigenvalue weighted by Crippen LogP contribution is -2.37. The van der Waals surface area contributed by atoms with E-state index >= 15 is 0 Å². The number of ether oxygens (including phenoxy) is 3. The number of hydrogen-bond acceptors (Lipinski definition) is 19. The molecule has 0 aliphatic carbocycles. The highest BCUT2D eigenvalue weighted by atomic mass is 35.5. The quantitative estimate of drug-likeness (QED) is 0.0175. The Labute approximate surface area is 603 Å². The molecule has 25 nitrogen and oxygen atoms in total. The number of nitrogens with one attached hydrogen (secondary N) is 4. The normalized spacial score (nSPS) is 11.9. The first-order chi connectivity index (χ1) is 49.1. The first-order valence-corrected chi connectivity index (χ1v) is 32.0. The van der Waals surface area contributed by atoms with Gasteiger partial charge >= 0.3 is 24.4 Å². The van der Waals surface area contributed by atoms with E-state index in [1.165, 1.54) is 42.0 Å². The molecule has 1 unspecified atom stereocenters. The second kappa shape index (κ2) is 49.0. The first kappa shape index (κ1) is 90.4. The highest BCUT2D eigenvalue weighted by molar-refractivity contribution is 5.95. The summed E-state index contributed by atoms with van der Waals surface area (Å²) in [6.07, 6.45) is 9.02. The number of aliphatic hydroxyl groups excluding tert-OH is 1. The molecule has 2 aromatic heterocycles. The van der Waals surface area contributed by atoms with Gasteiger partial charge in [0, 0.05) is 34.8 Å². The number of aliphatic hydroxyl groups is 1. The summed E-state index contributed by atoms with van der Waals surface area (Å²) in [5.41, 5.74) is 17.8. The van der Waals surface area contributed by atoms with Crippen molar-refractivity contribution in [2.75, 3.05) is 21.3 Å². The number of carbonyl (C=O) groups excluding carboxylic acids is 9. The van der Waals surface area contributed by atoms with Crippen LogP contribution >= 0.6 is 12.4 Å². The second-order valence-corrected chi connectivity index (χ2v) is 23.2. The van der Waals surface area contributed by atoms with Gasteiger partial charge in [0.1, 0.15) is 34.7 Å². The van der Waals surface area contributed by atoms with Gasteiger partial charge in [0.15, 0.2) is 0 Å². The van der Waals surface area contributed by atoms with Crippen LogP contribution in [0.1, 0.15) is 118 Å². The van der Waals surface area contributed by atoms with Crippen LogP contribution < -0.4 is 47.4 Å². The predicted molar refractivity (Wildman–Crippen MR) is 377 cm³/mol. The molecular weight excluding hydrogens is 1380 g/mol. The van der Waals surface area contributed by atoms with Gasteiger partial charge in [0.05, 0.1) is 39.5 Å². The van der Waals surface area contributed by atoms with Crippen LogP contribution in [0, 0.1) is 35.2 Å². The number of aliphatic carboxylic acids is 1. The minimum atomic E-state index is -1.58. The number of nitrogens with two attached hydrogens (primary N) is 2. The van der Waals surface area contributed by atoms with Crippen molar-refractivity contribution >= 4 is 54.6 Å². The summed E-state index contributed by atoms with van der Waals surface area (Å²) in [6, 6.07) is 39.3. The average Bonchev–Trinajstić information content (AvgIpc) is 1.07. The number of rotatable bonds is 27. The Balaban J connectivity index is 0.000000699. The molecule has 6 atom stereocenters. The Hall–Kier alpha value is -11.7. The monoisotopic (exact) mass is 1470 g/mol. The van der Waals surface area contributed by atoms with Crippen LogP contribution in [0.5, 0.6) is 17.2 Å². The third kappa shape index (κ3) is 33.2. The van der Waals surface area contributed by atoms with Crippen LogP contribution in [0.2, 0.25) is 0 Å². The van der Waals surface area contributed by atoms with Crippen molar-refractivity contribution in [3.05, 3.63) is 218 Å². The van der Waals surface area contributed by atoms with Crippen molar-refractivity contribution in [2.24, 2.45) is 29.2 Å². The molecule has 29 heteroatoms. The standard InChI is InChI=1S/2C24H27FN2O4.C20H26FNO.C4H5NO4.3CO2.ClH/c2*1-4-15(2)11-19(26-24(29)22-14-23(28)27-31-22)12-16-5-7-17(8-6-16)20-13-18(25)9-10-21(20)30-3;1-4-14(2)11-18(22)12-15-5-7-16(8-6-15)19-13-17(21)9-10-20(19)23-3;5-3(7)1-2(6)4(8)9;3*2-1-3;/h2*5-10,13-15,19H,4,11-12H2,1-3H3,(H,26,29)(H,27,28);5-10,13-14,18H,4,11-12,22H2,1-3H3;1,6H,(H2,5,7)(H,8,9);;;;1H/b;;;2-1-;;;;/t15-,19+;15-,19-;14?,18-;;;;;/m100...../s1. The molecule has 0 saturated carbocycles. The lowest BCUT2D eigenvalue weighted by atomic mass is 9.93. The maximum absolute atomic E-state index is 13.7. The number of benzene rings is 6. The fraction of sp³-hybridized carbons (Fsp3) is 0.320. The van der Waals surface area contributed by atoms with Gasteiger partial charge in [-0.15, -0.1) is 12.4 Å². The van der Waals surface area contributed by atoms with Crippen molar-refractivity contribution in [3.63, 3.8) is 0 Å². The smallest absolute Gasteiger partial charge is 0.373 e. The van der Waals surface area contributed by atoms with Crippen LogP contribution in [0.3, 0.4) is 0 Å².